The summed E-state index contributed by atoms with van der Waals surface area (Å²) in [5.74, 6) is -0.0338. The van der Waals surface area contributed by atoms with Gasteiger partial charge in [-0.25, -0.2) is 0 Å². The van der Waals surface area contributed by atoms with Gasteiger partial charge in [-0.15, -0.1) is 0 Å². The number of hydrogen-bond acceptors (Lipinski definition) is 3. The van der Waals surface area contributed by atoms with E-state index in [0.717, 1.165) is 49.4 Å². The molecule has 1 N–H and O–H groups in total. The molecule has 0 spiro atoms. The summed E-state index contributed by atoms with van der Waals surface area (Å²) in [5, 5.41) is 2.96. The first-order valence-corrected chi connectivity index (χ1v) is 8.67. The Kier molecular flexibility index (Phi) is 4.14. The maximum absolute atomic E-state index is 12.3. The minimum Gasteiger partial charge on any atom is -0.368 e. The molecule has 2 amide bonds. The van der Waals surface area contributed by atoms with Crippen molar-refractivity contribution >= 4 is 23.7 Å². The normalized spacial score (nSPS) is 19.5. The van der Waals surface area contributed by atoms with Gasteiger partial charge in [0.05, 0.1) is 5.92 Å². The number of hydrogen-bond donors (Lipinski definition) is 1. The molecule has 5 heteroatoms. The van der Waals surface area contributed by atoms with E-state index in [4.69, 9.17) is 0 Å². The van der Waals surface area contributed by atoms with Crippen molar-refractivity contribution in [1.29, 1.82) is 0 Å². The average molecular weight is 335 g/mol. The lowest BCUT2D eigenvalue weighted by molar-refractivity contribution is -0.118. The van der Waals surface area contributed by atoms with Crippen LogP contribution in [0, 0.1) is 0 Å². The fourth-order valence-electron chi connectivity index (χ4n) is 3.64. The van der Waals surface area contributed by atoms with E-state index >= 15 is 0 Å². The van der Waals surface area contributed by atoms with Gasteiger partial charge in [0, 0.05) is 37.6 Å². The summed E-state index contributed by atoms with van der Waals surface area (Å²) >= 11 is 0. The van der Waals surface area contributed by atoms with Gasteiger partial charge < -0.3 is 15.1 Å². The van der Waals surface area contributed by atoms with Crippen LogP contribution in [0.15, 0.2) is 48.5 Å². The Labute approximate surface area is 147 Å². The predicted octanol–water partition coefficient (Wildman–Crippen LogP) is 2.24. The highest BCUT2D eigenvalue weighted by Gasteiger charge is 2.30. The lowest BCUT2D eigenvalue weighted by atomic mass is 9.93. The second kappa shape index (κ2) is 6.59. The zero-order valence-corrected chi connectivity index (χ0v) is 14.0. The zero-order valence-electron chi connectivity index (χ0n) is 14.0. The lowest BCUT2D eigenvalue weighted by Crippen LogP contribution is -2.45. The quantitative estimate of drug-likeness (QED) is 0.872. The third-order valence-corrected chi connectivity index (χ3v) is 5.12. The molecule has 0 unspecified atom stereocenters. The van der Waals surface area contributed by atoms with Gasteiger partial charge in [-0.1, -0.05) is 30.3 Å². The summed E-state index contributed by atoms with van der Waals surface area (Å²) in [4.78, 5) is 27.2. The van der Waals surface area contributed by atoms with Crippen molar-refractivity contribution in [3.8, 4) is 0 Å². The van der Waals surface area contributed by atoms with Crippen molar-refractivity contribution in [1.82, 2.24) is 4.90 Å². The Morgan fingerprint density at radius 1 is 1.00 bits per heavy atom. The van der Waals surface area contributed by atoms with Crippen LogP contribution in [-0.2, 0) is 16.0 Å². The lowest BCUT2D eigenvalue weighted by Gasteiger charge is -2.34. The van der Waals surface area contributed by atoms with Crippen molar-refractivity contribution < 1.29 is 9.59 Å². The standard InChI is InChI=1S/C20H21N3O2/c24-14-22-9-11-23(12-10-22)16-7-5-15(6-8-16)13-18-17-3-1-2-4-19(17)21-20(18)25/h1-8,14,18H,9-13H2,(H,21,25)/t18-/m0/s1. The molecule has 0 saturated carbocycles. The van der Waals surface area contributed by atoms with E-state index in [-0.39, 0.29) is 11.8 Å². The van der Waals surface area contributed by atoms with E-state index in [9.17, 15) is 9.59 Å². The molecule has 25 heavy (non-hydrogen) atoms. The van der Waals surface area contributed by atoms with Crippen molar-refractivity contribution in [3.05, 3.63) is 59.7 Å². The fourth-order valence-corrected chi connectivity index (χ4v) is 3.64. The summed E-state index contributed by atoms with van der Waals surface area (Å²) in [6.07, 6.45) is 1.63. The molecule has 2 aliphatic heterocycles. The zero-order chi connectivity index (χ0) is 17.2. The number of benzene rings is 2. The summed E-state index contributed by atoms with van der Waals surface area (Å²) in [5.41, 5.74) is 4.35. The van der Waals surface area contributed by atoms with E-state index in [1.54, 1.807) is 4.90 Å². The Hall–Kier alpha value is -2.82. The smallest absolute Gasteiger partial charge is 0.232 e. The number of para-hydroxylation sites is 1. The molecule has 0 bridgehead atoms. The number of carbonyl (C=O) groups excluding carboxylic acids is 2. The van der Waals surface area contributed by atoms with Crippen LogP contribution in [0.25, 0.3) is 0 Å². The second-order valence-electron chi connectivity index (χ2n) is 6.63. The molecular formula is C20H21N3O2. The summed E-state index contributed by atoms with van der Waals surface area (Å²) in [6, 6.07) is 16.4. The number of amides is 2. The largest absolute Gasteiger partial charge is 0.368 e. The van der Waals surface area contributed by atoms with Crippen LogP contribution in [0.4, 0.5) is 11.4 Å². The maximum Gasteiger partial charge on any atom is 0.232 e. The molecule has 0 radical (unpaired) electrons. The van der Waals surface area contributed by atoms with Crippen LogP contribution >= 0.6 is 0 Å². The predicted molar refractivity (Wildman–Crippen MR) is 97.8 cm³/mol. The van der Waals surface area contributed by atoms with Crippen LogP contribution in [0.1, 0.15) is 17.0 Å². The number of nitrogens with zero attached hydrogens (tertiary/aromatic N) is 2. The molecule has 0 aliphatic carbocycles. The topological polar surface area (TPSA) is 52.7 Å². The van der Waals surface area contributed by atoms with Gasteiger partial charge in [0.25, 0.3) is 0 Å². The molecule has 2 aliphatic rings. The summed E-state index contributed by atoms with van der Waals surface area (Å²) < 4.78 is 0. The SMILES string of the molecule is O=CN1CCN(c2ccc(C[C@@H]3C(=O)Nc4ccccc43)cc2)CC1. The van der Waals surface area contributed by atoms with Crippen LogP contribution in [0.5, 0.6) is 0 Å². The number of fused-ring (bicyclic) bond motifs is 1. The third kappa shape index (κ3) is 3.09. The van der Waals surface area contributed by atoms with E-state index in [2.05, 4.69) is 34.5 Å². The van der Waals surface area contributed by atoms with Crippen LogP contribution in [0.3, 0.4) is 0 Å². The first-order chi connectivity index (χ1) is 12.2. The molecule has 0 aromatic heterocycles. The van der Waals surface area contributed by atoms with E-state index in [1.165, 1.54) is 5.69 Å². The van der Waals surface area contributed by atoms with Crippen molar-refractivity contribution in [3.63, 3.8) is 0 Å². The van der Waals surface area contributed by atoms with Gasteiger partial charge in [0.2, 0.25) is 12.3 Å². The molecule has 1 fully saturated rings. The number of rotatable bonds is 4. The molecule has 128 valence electrons. The second-order valence-corrected chi connectivity index (χ2v) is 6.63. The molecule has 2 heterocycles. The average Bonchev–Trinajstić information content (AvgIpc) is 2.98. The van der Waals surface area contributed by atoms with Crippen LogP contribution in [-0.4, -0.2) is 43.4 Å². The Morgan fingerprint density at radius 3 is 2.44 bits per heavy atom. The minimum absolute atomic E-state index is 0.0789. The van der Waals surface area contributed by atoms with Gasteiger partial charge in [-0.2, -0.15) is 0 Å². The first-order valence-electron chi connectivity index (χ1n) is 8.67. The highest BCUT2D eigenvalue weighted by molar-refractivity contribution is 6.03. The molecular weight excluding hydrogens is 314 g/mol. The van der Waals surface area contributed by atoms with Crippen molar-refractivity contribution in [2.45, 2.75) is 12.3 Å². The van der Waals surface area contributed by atoms with E-state index in [1.807, 2.05) is 24.3 Å². The fraction of sp³-hybridized carbons (Fsp3) is 0.300. The number of anilines is 2. The monoisotopic (exact) mass is 335 g/mol. The molecule has 1 saturated heterocycles. The van der Waals surface area contributed by atoms with Gasteiger partial charge in [0.15, 0.2) is 0 Å². The van der Waals surface area contributed by atoms with Crippen LogP contribution in [0.2, 0.25) is 0 Å². The highest BCUT2D eigenvalue weighted by atomic mass is 16.2. The van der Waals surface area contributed by atoms with Gasteiger partial charge in [-0.05, 0) is 35.7 Å². The molecule has 5 nitrogen and oxygen atoms in total. The van der Waals surface area contributed by atoms with Gasteiger partial charge in [-0.3, -0.25) is 9.59 Å². The number of carbonyl (C=O) groups is 2. The van der Waals surface area contributed by atoms with Gasteiger partial charge in [0.1, 0.15) is 0 Å². The Morgan fingerprint density at radius 2 is 1.72 bits per heavy atom. The molecule has 4 rings (SSSR count). The molecule has 2 aromatic rings. The highest BCUT2D eigenvalue weighted by Crippen LogP contribution is 2.34. The third-order valence-electron chi connectivity index (χ3n) is 5.12. The minimum atomic E-state index is -0.113. The van der Waals surface area contributed by atoms with E-state index < -0.39 is 0 Å². The molecule has 1 atom stereocenters. The van der Waals surface area contributed by atoms with E-state index in [0.29, 0.717) is 6.42 Å². The number of nitrogens with one attached hydrogen (secondary N) is 1. The summed E-state index contributed by atoms with van der Waals surface area (Å²) in [7, 11) is 0. The number of piperazine rings is 1. The first kappa shape index (κ1) is 15.7. The van der Waals surface area contributed by atoms with Crippen molar-refractivity contribution in [2.75, 3.05) is 36.4 Å². The molecule has 2 aromatic carbocycles. The van der Waals surface area contributed by atoms with Crippen molar-refractivity contribution in [2.24, 2.45) is 0 Å². The van der Waals surface area contributed by atoms with Gasteiger partial charge >= 0.3 is 0 Å². The Balaban J connectivity index is 1.45. The summed E-state index contributed by atoms with van der Waals surface area (Å²) in [6.45, 7) is 3.25. The van der Waals surface area contributed by atoms with Crippen LogP contribution < -0.4 is 10.2 Å². The maximum atomic E-state index is 12.3. The Bertz CT molecular complexity index is 780.